The van der Waals surface area contributed by atoms with E-state index in [1.165, 1.54) is 0 Å². The first-order valence-electron chi connectivity index (χ1n) is 6.36. The van der Waals surface area contributed by atoms with E-state index in [9.17, 15) is 4.79 Å². The van der Waals surface area contributed by atoms with E-state index in [2.05, 4.69) is 12.2 Å². The molecule has 1 amide bonds. The number of carbonyl (C=O) groups excluding carboxylic acids is 1. The first-order chi connectivity index (χ1) is 8.22. The van der Waals surface area contributed by atoms with Crippen LogP contribution in [0.2, 0.25) is 0 Å². The number of aryl methyl sites for hydroxylation is 1. The Hall–Kier alpha value is -1.51. The maximum atomic E-state index is 12.2. The summed E-state index contributed by atoms with van der Waals surface area (Å²) >= 11 is 0. The number of rotatable bonds is 3. The minimum absolute atomic E-state index is 0.183. The SMILES string of the molecule is CCNc1ccc(C(=O)N2CCCC2)c(C)c1. The van der Waals surface area contributed by atoms with E-state index in [1.54, 1.807) is 0 Å². The van der Waals surface area contributed by atoms with Gasteiger partial charge in [-0.05, 0) is 50.5 Å². The molecule has 0 spiro atoms. The molecular weight excluding hydrogens is 212 g/mol. The van der Waals surface area contributed by atoms with Crippen LogP contribution in [0.1, 0.15) is 35.7 Å². The molecule has 0 saturated carbocycles. The smallest absolute Gasteiger partial charge is 0.254 e. The topological polar surface area (TPSA) is 32.3 Å². The minimum Gasteiger partial charge on any atom is -0.385 e. The summed E-state index contributed by atoms with van der Waals surface area (Å²) in [6, 6.07) is 5.97. The summed E-state index contributed by atoms with van der Waals surface area (Å²) in [5, 5.41) is 3.26. The van der Waals surface area contributed by atoms with E-state index < -0.39 is 0 Å². The first-order valence-corrected chi connectivity index (χ1v) is 6.36. The highest BCUT2D eigenvalue weighted by molar-refractivity contribution is 5.96. The van der Waals surface area contributed by atoms with Crippen LogP contribution in [0.15, 0.2) is 18.2 Å². The van der Waals surface area contributed by atoms with Gasteiger partial charge >= 0.3 is 0 Å². The van der Waals surface area contributed by atoms with E-state index >= 15 is 0 Å². The fourth-order valence-electron chi connectivity index (χ4n) is 2.31. The second-order valence-corrected chi connectivity index (χ2v) is 4.56. The van der Waals surface area contributed by atoms with Gasteiger partial charge in [-0.3, -0.25) is 4.79 Å². The number of hydrogen-bond donors (Lipinski definition) is 1. The third-order valence-electron chi connectivity index (χ3n) is 3.23. The van der Waals surface area contributed by atoms with Gasteiger partial charge < -0.3 is 10.2 Å². The lowest BCUT2D eigenvalue weighted by Gasteiger charge is -2.17. The molecule has 1 aliphatic rings. The number of likely N-dealkylation sites (tertiary alicyclic amines) is 1. The van der Waals surface area contributed by atoms with Crippen molar-refractivity contribution in [3.05, 3.63) is 29.3 Å². The Morgan fingerprint density at radius 3 is 2.65 bits per heavy atom. The zero-order valence-electron chi connectivity index (χ0n) is 10.6. The molecule has 3 heteroatoms. The maximum Gasteiger partial charge on any atom is 0.254 e. The lowest BCUT2D eigenvalue weighted by Crippen LogP contribution is -2.28. The monoisotopic (exact) mass is 232 g/mol. The number of benzene rings is 1. The van der Waals surface area contributed by atoms with Crippen LogP contribution in [0, 0.1) is 6.92 Å². The van der Waals surface area contributed by atoms with Crippen molar-refractivity contribution in [2.45, 2.75) is 26.7 Å². The highest BCUT2D eigenvalue weighted by Crippen LogP contribution is 2.19. The molecule has 0 atom stereocenters. The number of hydrogen-bond acceptors (Lipinski definition) is 2. The first kappa shape index (κ1) is 12.0. The molecule has 2 rings (SSSR count). The molecule has 1 aliphatic heterocycles. The van der Waals surface area contributed by atoms with Gasteiger partial charge in [-0.1, -0.05) is 0 Å². The Kier molecular flexibility index (Phi) is 3.67. The van der Waals surface area contributed by atoms with E-state index in [-0.39, 0.29) is 5.91 Å². The van der Waals surface area contributed by atoms with Crippen molar-refractivity contribution in [3.8, 4) is 0 Å². The van der Waals surface area contributed by atoms with Crippen molar-refractivity contribution in [2.75, 3.05) is 25.0 Å². The summed E-state index contributed by atoms with van der Waals surface area (Å²) in [4.78, 5) is 14.2. The highest BCUT2D eigenvalue weighted by atomic mass is 16.2. The Morgan fingerprint density at radius 2 is 2.06 bits per heavy atom. The zero-order valence-corrected chi connectivity index (χ0v) is 10.6. The molecule has 17 heavy (non-hydrogen) atoms. The lowest BCUT2D eigenvalue weighted by molar-refractivity contribution is 0.0792. The van der Waals surface area contributed by atoms with Gasteiger partial charge in [-0.25, -0.2) is 0 Å². The Morgan fingerprint density at radius 1 is 1.35 bits per heavy atom. The van der Waals surface area contributed by atoms with E-state index in [0.29, 0.717) is 0 Å². The Bertz CT molecular complexity index is 409. The third kappa shape index (κ3) is 2.60. The Balaban J connectivity index is 2.17. The van der Waals surface area contributed by atoms with Crippen LogP contribution < -0.4 is 5.32 Å². The van der Waals surface area contributed by atoms with Crippen LogP contribution in [0.3, 0.4) is 0 Å². The average Bonchev–Trinajstić information content (AvgIpc) is 2.82. The number of carbonyl (C=O) groups is 1. The van der Waals surface area contributed by atoms with Gasteiger partial charge in [-0.15, -0.1) is 0 Å². The second-order valence-electron chi connectivity index (χ2n) is 4.56. The largest absolute Gasteiger partial charge is 0.385 e. The van der Waals surface area contributed by atoms with E-state index in [0.717, 1.165) is 49.3 Å². The quantitative estimate of drug-likeness (QED) is 0.869. The maximum absolute atomic E-state index is 12.2. The Labute approximate surface area is 103 Å². The molecule has 3 nitrogen and oxygen atoms in total. The number of anilines is 1. The van der Waals surface area contributed by atoms with Crippen molar-refractivity contribution < 1.29 is 4.79 Å². The van der Waals surface area contributed by atoms with Crippen molar-refractivity contribution in [1.29, 1.82) is 0 Å². The predicted molar refractivity (Wildman–Crippen MR) is 70.5 cm³/mol. The zero-order chi connectivity index (χ0) is 12.3. The van der Waals surface area contributed by atoms with Gasteiger partial charge in [0.05, 0.1) is 0 Å². The van der Waals surface area contributed by atoms with Crippen molar-refractivity contribution in [1.82, 2.24) is 4.90 Å². The summed E-state index contributed by atoms with van der Waals surface area (Å²) in [6.45, 7) is 6.79. The third-order valence-corrected chi connectivity index (χ3v) is 3.23. The van der Waals surface area contributed by atoms with Crippen LogP contribution in [-0.2, 0) is 0 Å². The molecule has 0 aliphatic carbocycles. The van der Waals surface area contributed by atoms with E-state index in [4.69, 9.17) is 0 Å². The van der Waals surface area contributed by atoms with Gasteiger partial charge in [0.25, 0.3) is 5.91 Å². The molecule has 0 radical (unpaired) electrons. The summed E-state index contributed by atoms with van der Waals surface area (Å²) in [5.41, 5.74) is 2.98. The lowest BCUT2D eigenvalue weighted by atomic mass is 10.1. The summed E-state index contributed by atoms with van der Waals surface area (Å²) in [6.07, 6.45) is 2.28. The van der Waals surface area contributed by atoms with Crippen LogP contribution in [-0.4, -0.2) is 30.4 Å². The molecule has 92 valence electrons. The molecular formula is C14H20N2O. The van der Waals surface area contributed by atoms with Gasteiger partial charge in [0, 0.05) is 30.9 Å². The molecule has 0 unspecified atom stereocenters. The summed E-state index contributed by atoms with van der Waals surface area (Å²) < 4.78 is 0. The molecule has 1 aromatic carbocycles. The van der Waals surface area contributed by atoms with Gasteiger partial charge in [-0.2, -0.15) is 0 Å². The fraction of sp³-hybridized carbons (Fsp3) is 0.500. The van der Waals surface area contributed by atoms with Gasteiger partial charge in [0.1, 0.15) is 0 Å². The molecule has 0 bridgehead atoms. The molecule has 0 aromatic heterocycles. The van der Waals surface area contributed by atoms with Crippen molar-refractivity contribution in [3.63, 3.8) is 0 Å². The number of nitrogens with one attached hydrogen (secondary N) is 1. The normalized spacial score (nSPS) is 15.1. The average molecular weight is 232 g/mol. The summed E-state index contributed by atoms with van der Waals surface area (Å²) in [5.74, 6) is 0.183. The van der Waals surface area contributed by atoms with Crippen molar-refractivity contribution in [2.24, 2.45) is 0 Å². The minimum atomic E-state index is 0.183. The molecule has 1 aromatic rings. The van der Waals surface area contributed by atoms with Gasteiger partial charge in [0.15, 0.2) is 0 Å². The molecule has 1 fully saturated rings. The second kappa shape index (κ2) is 5.21. The van der Waals surface area contributed by atoms with Crippen LogP contribution in [0.4, 0.5) is 5.69 Å². The summed E-state index contributed by atoms with van der Waals surface area (Å²) in [7, 11) is 0. The number of amides is 1. The van der Waals surface area contributed by atoms with Gasteiger partial charge in [0.2, 0.25) is 0 Å². The van der Waals surface area contributed by atoms with Crippen LogP contribution in [0.5, 0.6) is 0 Å². The van der Waals surface area contributed by atoms with Crippen LogP contribution in [0.25, 0.3) is 0 Å². The number of nitrogens with zero attached hydrogens (tertiary/aromatic N) is 1. The standard InChI is InChI=1S/C14H20N2O/c1-3-15-12-6-7-13(11(2)10-12)14(17)16-8-4-5-9-16/h6-7,10,15H,3-5,8-9H2,1-2H3. The predicted octanol–water partition coefficient (Wildman–Crippen LogP) is 2.66. The van der Waals surface area contributed by atoms with E-state index in [1.807, 2.05) is 30.0 Å². The highest BCUT2D eigenvalue weighted by Gasteiger charge is 2.20. The van der Waals surface area contributed by atoms with Crippen LogP contribution >= 0.6 is 0 Å². The fourth-order valence-corrected chi connectivity index (χ4v) is 2.31. The molecule has 1 saturated heterocycles. The molecule has 1 N–H and O–H groups in total. The molecule has 1 heterocycles. The van der Waals surface area contributed by atoms with Crippen molar-refractivity contribution >= 4 is 11.6 Å².